The van der Waals surface area contributed by atoms with Crippen molar-refractivity contribution >= 4 is 29.3 Å². The Kier molecular flexibility index (Phi) is 5.26. The van der Waals surface area contributed by atoms with Gasteiger partial charge in [-0.25, -0.2) is 0 Å². The molecule has 0 radical (unpaired) electrons. The van der Waals surface area contributed by atoms with Gasteiger partial charge in [0.05, 0.1) is 0 Å². The lowest BCUT2D eigenvalue weighted by Crippen LogP contribution is -2.39. The maximum atomic E-state index is 12.5. The first-order chi connectivity index (χ1) is 11.2. The lowest BCUT2D eigenvalue weighted by molar-refractivity contribution is -0.116. The third kappa shape index (κ3) is 4.08. The first kappa shape index (κ1) is 16.4. The monoisotopic (exact) mass is 332 g/mol. The molecule has 1 aromatic rings. The summed E-state index contributed by atoms with van der Waals surface area (Å²) in [7, 11) is 0. The fraction of sp³-hybridized carbons (Fsp3) is 0.556. The predicted molar refractivity (Wildman–Crippen MR) is 95.0 cm³/mol. The molecule has 3 rings (SSSR count). The fourth-order valence-electron chi connectivity index (χ4n) is 3.46. The van der Waals surface area contributed by atoms with Gasteiger partial charge in [-0.3, -0.25) is 9.59 Å². The Morgan fingerprint density at radius 3 is 3.04 bits per heavy atom. The number of amides is 2. The van der Waals surface area contributed by atoms with Crippen LogP contribution in [0.3, 0.4) is 0 Å². The molecule has 0 unspecified atom stereocenters. The standard InChI is InChI=1S/C18H24N2O2S/c1-2-23-15-5-3-4-14(11-15)19-18(22)13-6-8-16-12(10-13)7-9-17(21)20-16/h6,8,10,14-15H,2-5,7,9,11H2,1H3,(H,19,22)(H,20,21)/t14-,15+/m0/s1. The van der Waals surface area contributed by atoms with Gasteiger partial charge in [-0.05, 0) is 55.2 Å². The van der Waals surface area contributed by atoms with Crippen LogP contribution in [0.1, 0.15) is 54.9 Å². The molecule has 0 spiro atoms. The molecule has 0 saturated heterocycles. The molecule has 0 aromatic heterocycles. The van der Waals surface area contributed by atoms with Crippen molar-refractivity contribution in [2.45, 2.75) is 56.7 Å². The second-order valence-electron chi connectivity index (χ2n) is 6.33. The molecule has 1 aliphatic carbocycles. The molecule has 4 nitrogen and oxygen atoms in total. The lowest BCUT2D eigenvalue weighted by atomic mass is 9.94. The van der Waals surface area contributed by atoms with E-state index in [1.807, 2.05) is 23.9 Å². The van der Waals surface area contributed by atoms with E-state index in [0.29, 0.717) is 23.7 Å². The summed E-state index contributed by atoms with van der Waals surface area (Å²) in [5.41, 5.74) is 2.60. The molecule has 2 atom stereocenters. The van der Waals surface area contributed by atoms with E-state index < -0.39 is 0 Å². The Labute approximate surface area is 141 Å². The highest BCUT2D eigenvalue weighted by atomic mass is 32.2. The van der Waals surface area contributed by atoms with Gasteiger partial charge in [0, 0.05) is 29.0 Å². The minimum atomic E-state index is 0.0110. The molecule has 1 heterocycles. The highest BCUT2D eigenvalue weighted by Crippen LogP contribution is 2.29. The van der Waals surface area contributed by atoms with E-state index in [1.165, 1.54) is 12.8 Å². The van der Waals surface area contributed by atoms with E-state index >= 15 is 0 Å². The minimum Gasteiger partial charge on any atom is -0.349 e. The molecule has 1 fully saturated rings. The third-order valence-electron chi connectivity index (χ3n) is 4.63. The minimum absolute atomic E-state index is 0.0110. The maximum Gasteiger partial charge on any atom is 0.251 e. The summed E-state index contributed by atoms with van der Waals surface area (Å²) < 4.78 is 0. The van der Waals surface area contributed by atoms with Crippen molar-refractivity contribution in [3.8, 4) is 0 Å². The summed E-state index contributed by atoms with van der Waals surface area (Å²) in [6.07, 6.45) is 5.82. The SMILES string of the molecule is CCS[C@@H]1CCC[C@H](NC(=O)c2ccc3c(c2)CCC(=O)N3)C1. The first-order valence-electron chi connectivity index (χ1n) is 8.51. The lowest BCUT2D eigenvalue weighted by Gasteiger charge is -2.29. The summed E-state index contributed by atoms with van der Waals surface area (Å²) in [5, 5.41) is 6.73. The molecule has 0 bridgehead atoms. The van der Waals surface area contributed by atoms with Crippen molar-refractivity contribution in [1.29, 1.82) is 0 Å². The zero-order valence-corrected chi connectivity index (χ0v) is 14.4. The van der Waals surface area contributed by atoms with Crippen LogP contribution in [0.15, 0.2) is 18.2 Å². The number of carbonyl (C=O) groups excluding carboxylic acids is 2. The molecule has 1 aromatic carbocycles. The van der Waals surface area contributed by atoms with Crippen LogP contribution in [0, 0.1) is 0 Å². The van der Waals surface area contributed by atoms with Gasteiger partial charge < -0.3 is 10.6 Å². The van der Waals surface area contributed by atoms with E-state index in [9.17, 15) is 9.59 Å². The largest absolute Gasteiger partial charge is 0.349 e. The molecule has 124 valence electrons. The van der Waals surface area contributed by atoms with Crippen molar-refractivity contribution in [2.75, 3.05) is 11.1 Å². The Morgan fingerprint density at radius 1 is 1.35 bits per heavy atom. The van der Waals surface area contributed by atoms with Crippen LogP contribution in [-0.4, -0.2) is 28.9 Å². The maximum absolute atomic E-state index is 12.5. The zero-order valence-electron chi connectivity index (χ0n) is 13.6. The number of aryl methyl sites for hydroxylation is 1. The second kappa shape index (κ2) is 7.39. The van der Waals surface area contributed by atoms with Crippen molar-refractivity contribution in [2.24, 2.45) is 0 Å². The number of thioether (sulfide) groups is 1. The normalized spacial score (nSPS) is 23.8. The number of benzene rings is 1. The Hall–Kier alpha value is -1.49. The number of fused-ring (bicyclic) bond motifs is 1. The number of hydrogen-bond acceptors (Lipinski definition) is 3. The number of hydrogen-bond donors (Lipinski definition) is 2. The Morgan fingerprint density at radius 2 is 2.22 bits per heavy atom. The van der Waals surface area contributed by atoms with Crippen LogP contribution >= 0.6 is 11.8 Å². The molecule has 2 amide bonds. The molecule has 2 aliphatic rings. The van der Waals surface area contributed by atoms with E-state index in [1.54, 1.807) is 6.07 Å². The van der Waals surface area contributed by atoms with Gasteiger partial charge in [0.25, 0.3) is 5.91 Å². The highest BCUT2D eigenvalue weighted by Gasteiger charge is 2.24. The van der Waals surface area contributed by atoms with Crippen molar-refractivity contribution in [3.63, 3.8) is 0 Å². The van der Waals surface area contributed by atoms with E-state index in [4.69, 9.17) is 0 Å². The van der Waals surface area contributed by atoms with Crippen LogP contribution < -0.4 is 10.6 Å². The van der Waals surface area contributed by atoms with Crippen molar-refractivity contribution < 1.29 is 9.59 Å². The van der Waals surface area contributed by atoms with E-state index in [0.717, 1.165) is 29.8 Å². The predicted octanol–water partition coefficient (Wildman–Crippen LogP) is 3.37. The molecular formula is C18H24N2O2S. The summed E-state index contributed by atoms with van der Waals surface area (Å²) >= 11 is 2.01. The van der Waals surface area contributed by atoms with Crippen LogP contribution in [0.4, 0.5) is 5.69 Å². The number of rotatable bonds is 4. The average Bonchev–Trinajstić information content (AvgIpc) is 2.55. The van der Waals surface area contributed by atoms with Gasteiger partial charge in [-0.15, -0.1) is 0 Å². The molecule has 2 N–H and O–H groups in total. The number of anilines is 1. The Balaban J connectivity index is 1.63. The van der Waals surface area contributed by atoms with Gasteiger partial charge in [0.15, 0.2) is 0 Å². The number of nitrogens with one attached hydrogen (secondary N) is 2. The van der Waals surface area contributed by atoms with Crippen LogP contribution in [0.5, 0.6) is 0 Å². The number of carbonyl (C=O) groups is 2. The average molecular weight is 332 g/mol. The summed E-state index contributed by atoms with van der Waals surface area (Å²) in [6, 6.07) is 5.86. The van der Waals surface area contributed by atoms with E-state index in [2.05, 4.69) is 17.6 Å². The Bertz CT molecular complexity index is 601. The van der Waals surface area contributed by atoms with Gasteiger partial charge in [0.2, 0.25) is 5.91 Å². The van der Waals surface area contributed by atoms with Crippen molar-refractivity contribution in [3.05, 3.63) is 29.3 Å². The topological polar surface area (TPSA) is 58.2 Å². The van der Waals surface area contributed by atoms with Crippen LogP contribution in [-0.2, 0) is 11.2 Å². The van der Waals surface area contributed by atoms with E-state index in [-0.39, 0.29) is 17.9 Å². The zero-order chi connectivity index (χ0) is 16.2. The van der Waals surface area contributed by atoms with Crippen molar-refractivity contribution in [1.82, 2.24) is 5.32 Å². The first-order valence-corrected chi connectivity index (χ1v) is 9.56. The van der Waals surface area contributed by atoms with Gasteiger partial charge >= 0.3 is 0 Å². The quantitative estimate of drug-likeness (QED) is 0.889. The molecule has 1 saturated carbocycles. The van der Waals surface area contributed by atoms with Gasteiger partial charge in [0.1, 0.15) is 0 Å². The summed E-state index contributed by atoms with van der Waals surface area (Å²) in [6.45, 7) is 2.19. The summed E-state index contributed by atoms with van der Waals surface area (Å²) in [4.78, 5) is 23.9. The third-order valence-corrected chi connectivity index (χ3v) is 5.86. The van der Waals surface area contributed by atoms with Gasteiger partial charge in [-0.2, -0.15) is 11.8 Å². The highest BCUT2D eigenvalue weighted by molar-refractivity contribution is 7.99. The molecular weight excluding hydrogens is 308 g/mol. The van der Waals surface area contributed by atoms with Crippen LogP contribution in [0.25, 0.3) is 0 Å². The molecule has 1 aliphatic heterocycles. The fourth-order valence-corrected chi connectivity index (χ4v) is 4.63. The molecule has 23 heavy (non-hydrogen) atoms. The van der Waals surface area contributed by atoms with Gasteiger partial charge in [-0.1, -0.05) is 13.3 Å². The summed E-state index contributed by atoms with van der Waals surface area (Å²) in [5.74, 6) is 1.20. The second-order valence-corrected chi connectivity index (χ2v) is 7.91. The molecule has 5 heteroatoms. The smallest absolute Gasteiger partial charge is 0.251 e. The van der Waals surface area contributed by atoms with Crippen LogP contribution in [0.2, 0.25) is 0 Å².